The van der Waals surface area contributed by atoms with E-state index in [0.29, 0.717) is 5.92 Å². The second-order valence-electron chi connectivity index (χ2n) is 7.28. The standard InChI is InChI=1S/C21H30N2OS2.C2H2O4/c1-4-22-13-7-5-6-8-14-26-21-17(11-12-18(23-21)16(2)3)20(24)19-10-9-15-25-19;3-1(4)2(5)6/h9-12,15-16,22H,4-8,13-14H2,1-3H3;(H,3,4)(H,5,6). The minimum atomic E-state index is -1.82. The van der Waals surface area contributed by atoms with Crippen molar-refractivity contribution in [2.75, 3.05) is 18.8 Å². The second-order valence-corrected chi connectivity index (χ2v) is 9.31. The fraction of sp³-hybridized carbons (Fsp3) is 0.478. The zero-order chi connectivity index (χ0) is 23.9. The molecule has 0 aliphatic heterocycles. The first-order valence-electron chi connectivity index (χ1n) is 10.7. The van der Waals surface area contributed by atoms with Gasteiger partial charge in [-0.2, -0.15) is 0 Å². The maximum Gasteiger partial charge on any atom is 0.414 e. The van der Waals surface area contributed by atoms with E-state index in [1.54, 1.807) is 11.8 Å². The predicted octanol–water partition coefficient (Wildman–Crippen LogP) is 4.92. The summed E-state index contributed by atoms with van der Waals surface area (Å²) in [5.41, 5.74) is 1.80. The number of carbonyl (C=O) groups excluding carboxylic acids is 1. The number of unbranched alkanes of at least 4 members (excludes halogenated alkanes) is 3. The number of carbonyl (C=O) groups is 3. The third-order valence-electron chi connectivity index (χ3n) is 4.38. The number of ketones is 1. The van der Waals surface area contributed by atoms with Crippen LogP contribution in [0, 0.1) is 0 Å². The Labute approximate surface area is 197 Å². The predicted molar refractivity (Wildman–Crippen MR) is 129 cm³/mol. The molecule has 0 aromatic carbocycles. The van der Waals surface area contributed by atoms with Gasteiger partial charge in [0.1, 0.15) is 5.03 Å². The molecule has 2 heterocycles. The number of hydrogen-bond donors (Lipinski definition) is 3. The van der Waals surface area contributed by atoms with Gasteiger partial charge in [-0.05, 0) is 61.2 Å². The Bertz CT molecular complexity index is 842. The molecular formula is C23H32N2O5S2. The number of nitrogens with one attached hydrogen (secondary N) is 1. The molecule has 0 atom stereocenters. The molecule has 2 rings (SSSR count). The highest BCUT2D eigenvalue weighted by Gasteiger charge is 2.17. The van der Waals surface area contributed by atoms with Gasteiger partial charge in [0, 0.05) is 5.69 Å². The highest BCUT2D eigenvalue weighted by molar-refractivity contribution is 7.99. The summed E-state index contributed by atoms with van der Waals surface area (Å²) in [5, 5.41) is 21.0. The number of thioether (sulfide) groups is 1. The minimum Gasteiger partial charge on any atom is -0.473 e. The summed E-state index contributed by atoms with van der Waals surface area (Å²) in [7, 11) is 0. The number of carboxylic acids is 2. The van der Waals surface area contributed by atoms with Gasteiger partial charge in [0.2, 0.25) is 5.78 Å². The number of rotatable bonds is 12. The quantitative estimate of drug-likeness (QED) is 0.170. The molecule has 0 aliphatic carbocycles. The zero-order valence-corrected chi connectivity index (χ0v) is 20.4. The van der Waals surface area contributed by atoms with Crippen LogP contribution in [0.2, 0.25) is 0 Å². The molecule has 0 spiro atoms. The van der Waals surface area contributed by atoms with Crippen LogP contribution in [0.1, 0.15) is 73.3 Å². The molecule has 32 heavy (non-hydrogen) atoms. The van der Waals surface area contributed by atoms with Gasteiger partial charge in [-0.1, -0.05) is 39.7 Å². The molecule has 0 radical (unpaired) electrons. The first-order chi connectivity index (χ1) is 15.3. The molecule has 2 aromatic heterocycles. The summed E-state index contributed by atoms with van der Waals surface area (Å²) in [6.45, 7) is 8.59. The van der Waals surface area contributed by atoms with Crippen LogP contribution < -0.4 is 5.32 Å². The highest BCUT2D eigenvalue weighted by atomic mass is 32.2. The van der Waals surface area contributed by atoms with Crippen molar-refractivity contribution < 1.29 is 24.6 Å². The fourth-order valence-electron chi connectivity index (χ4n) is 2.65. The molecule has 0 aliphatic rings. The van der Waals surface area contributed by atoms with Crippen molar-refractivity contribution >= 4 is 40.8 Å². The smallest absolute Gasteiger partial charge is 0.414 e. The summed E-state index contributed by atoms with van der Waals surface area (Å²) >= 11 is 3.22. The van der Waals surface area contributed by atoms with Crippen LogP contribution in [0.25, 0.3) is 0 Å². The molecule has 0 bridgehead atoms. The largest absolute Gasteiger partial charge is 0.473 e. The van der Waals surface area contributed by atoms with Crippen molar-refractivity contribution in [3.8, 4) is 0 Å². The van der Waals surface area contributed by atoms with Crippen molar-refractivity contribution in [3.05, 3.63) is 45.8 Å². The number of aromatic nitrogens is 1. The minimum absolute atomic E-state index is 0.0935. The lowest BCUT2D eigenvalue weighted by Crippen LogP contribution is -2.13. The maximum absolute atomic E-state index is 12.8. The van der Waals surface area contributed by atoms with Gasteiger partial charge in [-0.15, -0.1) is 23.1 Å². The third-order valence-corrected chi connectivity index (χ3v) is 6.33. The Morgan fingerprint density at radius 2 is 1.75 bits per heavy atom. The van der Waals surface area contributed by atoms with Crippen LogP contribution >= 0.6 is 23.1 Å². The van der Waals surface area contributed by atoms with Crippen LogP contribution in [0.4, 0.5) is 0 Å². The van der Waals surface area contributed by atoms with E-state index in [1.165, 1.54) is 30.6 Å². The van der Waals surface area contributed by atoms with E-state index in [-0.39, 0.29) is 5.78 Å². The van der Waals surface area contributed by atoms with Gasteiger partial charge in [-0.3, -0.25) is 4.79 Å². The summed E-state index contributed by atoms with van der Waals surface area (Å²) in [5.74, 6) is -2.17. The molecular weight excluding hydrogens is 448 g/mol. The Hall–Kier alpha value is -2.23. The summed E-state index contributed by atoms with van der Waals surface area (Å²) in [4.78, 5) is 36.6. The van der Waals surface area contributed by atoms with Gasteiger partial charge >= 0.3 is 11.9 Å². The first-order valence-corrected chi connectivity index (χ1v) is 12.5. The van der Waals surface area contributed by atoms with Crippen LogP contribution in [0.15, 0.2) is 34.7 Å². The van der Waals surface area contributed by atoms with Gasteiger partial charge in [0.05, 0.1) is 10.4 Å². The molecule has 0 amide bonds. The van der Waals surface area contributed by atoms with E-state index in [0.717, 1.165) is 46.4 Å². The van der Waals surface area contributed by atoms with E-state index >= 15 is 0 Å². The Morgan fingerprint density at radius 3 is 2.31 bits per heavy atom. The third kappa shape index (κ3) is 10.4. The van der Waals surface area contributed by atoms with Crippen molar-refractivity contribution in [1.82, 2.24) is 10.3 Å². The molecule has 2 aromatic rings. The zero-order valence-electron chi connectivity index (χ0n) is 18.8. The number of pyridine rings is 1. The Morgan fingerprint density at radius 1 is 1.06 bits per heavy atom. The van der Waals surface area contributed by atoms with Crippen molar-refractivity contribution in [3.63, 3.8) is 0 Å². The molecule has 176 valence electrons. The molecule has 0 unspecified atom stereocenters. The van der Waals surface area contributed by atoms with E-state index in [1.807, 2.05) is 29.6 Å². The maximum atomic E-state index is 12.8. The summed E-state index contributed by atoms with van der Waals surface area (Å²) < 4.78 is 0. The lowest BCUT2D eigenvalue weighted by molar-refractivity contribution is -0.159. The number of thiophene rings is 1. The first kappa shape index (κ1) is 27.8. The fourth-order valence-corrected chi connectivity index (χ4v) is 4.36. The average Bonchev–Trinajstić information content (AvgIpc) is 3.30. The van der Waals surface area contributed by atoms with Gasteiger partial charge in [0.25, 0.3) is 0 Å². The number of nitrogens with zero attached hydrogens (tertiary/aromatic N) is 1. The van der Waals surface area contributed by atoms with Crippen LogP contribution in [0.3, 0.4) is 0 Å². The average molecular weight is 481 g/mol. The van der Waals surface area contributed by atoms with Crippen molar-refractivity contribution in [1.29, 1.82) is 0 Å². The number of hydrogen-bond acceptors (Lipinski definition) is 7. The molecule has 7 nitrogen and oxygen atoms in total. The summed E-state index contributed by atoms with van der Waals surface area (Å²) in [6.07, 6.45) is 4.89. The molecule has 9 heteroatoms. The van der Waals surface area contributed by atoms with Crippen LogP contribution in [-0.2, 0) is 9.59 Å². The molecule has 0 saturated heterocycles. The lowest BCUT2D eigenvalue weighted by Gasteiger charge is -2.11. The van der Waals surface area contributed by atoms with Crippen molar-refractivity contribution in [2.45, 2.75) is 57.4 Å². The van der Waals surface area contributed by atoms with E-state index in [9.17, 15) is 4.79 Å². The molecule has 0 fully saturated rings. The van der Waals surface area contributed by atoms with Gasteiger partial charge in [0.15, 0.2) is 0 Å². The Balaban J connectivity index is 0.000000751. The summed E-state index contributed by atoms with van der Waals surface area (Å²) in [6, 6.07) is 7.77. The lowest BCUT2D eigenvalue weighted by atomic mass is 10.1. The van der Waals surface area contributed by atoms with E-state index < -0.39 is 11.9 Å². The second kappa shape index (κ2) is 15.6. The van der Waals surface area contributed by atoms with Gasteiger partial charge < -0.3 is 15.5 Å². The highest BCUT2D eigenvalue weighted by Crippen LogP contribution is 2.27. The van der Waals surface area contributed by atoms with Crippen LogP contribution in [0.5, 0.6) is 0 Å². The van der Waals surface area contributed by atoms with Crippen molar-refractivity contribution in [2.24, 2.45) is 0 Å². The normalized spacial score (nSPS) is 10.5. The monoisotopic (exact) mass is 480 g/mol. The molecule has 0 saturated carbocycles. The molecule has 3 N–H and O–H groups in total. The Kier molecular flexibility index (Phi) is 13.5. The van der Waals surface area contributed by atoms with Crippen LogP contribution in [-0.4, -0.2) is 51.8 Å². The van der Waals surface area contributed by atoms with E-state index in [2.05, 4.69) is 26.1 Å². The van der Waals surface area contributed by atoms with Gasteiger partial charge in [-0.25, -0.2) is 14.6 Å². The topological polar surface area (TPSA) is 117 Å². The number of aliphatic carboxylic acids is 2. The number of carboxylic acid groups (broad SMARTS) is 2. The SMILES string of the molecule is CCNCCCCCCSc1nc(C(C)C)ccc1C(=O)c1cccs1.O=C(O)C(=O)O. The van der Waals surface area contributed by atoms with E-state index in [4.69, 9.17) is 24.8 Å².